The Bertz CT molecular complexity index is 4440. The van der Waals surface area contributed by atoms with Crippen molar-refractivity contribution in [2.75, 3.05) is 0 Å². The van der Waals surface area contributed by atoms with Crippen molar-refractivity contribution < 1.29 is 70.2 Å². The van der Waals surface area contributed by atoms with Crippen LogP contribution < -0.4 is 15.9 Å². The van der Waals surface area contributed by atoms with Gasteiger partial charge >= 0.3 is 0 Å². The summed E-state index contributed by atoms with van der Waals surface area (Å²) in [5, 5.41) is -1.95. The van der Waals surface area contributed by atoms with Gasteiger partial charge in [-0.2, -0.15) is 0 Å². The van der Waals surface area contributed by atoms with Crippen LogP contribution in [0.5, 0.6) is 0 Å². The van der Waals surface area contributed by atoms with Gasteiger partial charge in [0.2, 0.25) is 5.82 Å². The first kappa shape index (κ1) is 59.6. The SMILES string of the molecule is C=Cc1c(F)c(F)c(F)c(F)c1-c1ccc(-c2cc(-c3ccc(-c4c(F)c(P)c(F)c(P)c4F)cc3)c3c4c2C=C/C(=C(c2ccc(-c5c(F)c(F)c(P)c(F)c5F)cc2)/C=C(/c2ccc(-c5c(F)c(F)c(F)c(F)c5F)cc2)C(C)/C=C\3)C4)cc1. The number of hydrogen-bond donors (Lipinski definition) is 0. The number of rotatable bonds is 9. The van der Waals surface area contributed by atoms with Gasteiger partial charge in [-0.3, -0.25) is 0 Å². The van der Waals surface area contributed by atoms with E-state index in [1.165, 1.54) is 72.8 Å². The molecule has 4 unspecified atom stereocenters. The maximum atomic E-state index is 15.7. The molecule has 432 valence electrons. The Kier molecular flexibility index (Phi) is 15.9. The molecule has 0 amide bonds. The zero-order valence-corrected chi connectivity index (χ0v) is 47.5. The van der Waals surface area contributed by atoms with E-state index < -0.39 is 143 Å². The highest BCUT2D eigenvalue weighted by Gasteiger charge is 2.31. The monoisotopic (exact) mass is 1240 g/mol. The van der Waals surface area contributed by atoms with Gasteiger partial charge in [0.05, 0.1) is 16.7 Å². The lowest BCUT2D eigenvalue weighted by atomic mass is 9.77. The number of allylic oxidation sites excluding steroid dienone is 6. The van der Waals surface area contributed by atoms with Crippen molar-refractivity contribution >= 4 is 73.0 Å². The van der Waals surface area contributed by atoms with Crippen LogP contribution >= 0.6 is 27.7 Å². The van der Waals surface area contributed by atoms with E-state index in [1.807, 2.05) is 24.6 Å². The molecule has 2 aliphatic carbocycles. The van der Waals surface area contributed by atoms with Gasteiger partial charge in [-0.25, -0.2) is 70.2 Å². The van der Waals surface area contributed by atoms with Crippen LogP contribution in [0.2, 0.25) is 0 Å². The Morgan fingerprint density at radius 1 is 0.372 bits per heavy atom. The van der Waals surface area contributed by atoms with Crippen LogP contribution in [-0.2, 0) is 6.42 Å². The molecule has 0 fully saturated rings. The van der Waals surface area contributed by atoms with E-state index in [0.29, 0.717) is 66.8 Å². The molecule has 11 rings (SSSR count). The van der Waals surface area contributed by atoms with Crippen LogP contribution in [0.15, 0.2) is 134 Å². The van der Waals surface area contributed by atoms with Crippen molar-refractivity contribution in [3.05, 3.63) is 260 Å². The molecule has 0 aliphatic heterocycles. The van der Waals surface area contributed by atoms with Crippen LogP contribution in [0.1, 0.15) is 40.3 Å². The first-order valence-corrected chi connectivity index (χ1v) is 27.4. The van der Waals surface area contributed by atoms with Gasteiger partial charge < -0.3 is 0 Å². The van der Waals surface area contributed by atoms with E-state index in [0.717, 1.165) is 6.08 Å². The molecular formula is C67H37F16P3. The fourth-order valence-electron chi connectivity index (χ4n) is 10.9. The van der Waals surface area contributed by atoms with E-state index in [1.54, 1.807) is 70.8 Å². The third-order valence-electron chi connectivity index (χ3n) is 15.4. The largest absolute Gasteiger partial charge is 0.205 e. The molecule has 19 heteroatoms. The van der Waals surface area contributed by atoms with Crippen LogP contribution in [0, 0.1) is 99.0 Å². The van der Waals surface area contributed by atoms with Gasteiger partial charge in [0.25, 0.3) is 0 Å². The molecule has 0 N–H and O–H groups in total. The average molecular weight is 1240 g/mol. The van der Waals surface area contributed by atoms with Crippen LogP contribution in [0.25, 0.3) is 96.1 Å². The van der Waals surface area contributed by atoms with E-state index in [2.05, 4.69) is 6.58 Å². The molecule has 0 radical (unpaired) electrons. The highest BCUT2D eigenvalue weighted by molar-refractivity contribution is 7.29. The fraction of sp³-hybridized carbons (Fsp3) is 0.0448. The first-order valence-electron chi connectivity index (χ1n) is 25.7. The molecular weight excluding hydrogens is 1200 g/mol. The minimum absolute atomic E-state index is 0.0387. The van der Waals surface area contributed by atoms with Gasteiger partial charge in [-0.1, -0.05) is 169 Å². The number of fused-ring (bicyclic) bond motifs is 1. The van der Waals surface area contributed by atoms with E-state index in [4.69, 9.17) is 0 Å². The summed E-state index contributed by atoms with van der Waals surface area (Å²) in [4.78, 5) is 0. The molecule has 0 spiro atoms. The van der Waals surface area contributed by atoms with Crippen molar-refractivity contribution in [2.24, 2.45) is 5.92 Å². The van der Waals surface area contributed by atoms with Crippen molar-refractivity contribution in [2.45, 2.75) is 13.3 Å². The summed E-state index contributed by atoms with van der Waals surface area (Å²) in [6.07, 6.45) is 9.82. The standard InChI is InChI=1S/C67H37F16P3/c1-3-37-45(50(69)58(77)57(76)49(37)68)32-13-9-30(10-14-32)43-26-42(31-11-19-35(20-12-31)48-55(74)65(84)64(83)66(85)56(48)75)38-22-4-27(2)40(28-5-15-33(16-6-28)46-51(70)59(78)61(80)60(79)52(46)71)25-41(36-21-23-39(43)44(38)24-36)29-7-17-34(18-8-29)47-53(72)62(81)67(86)63(82)54(47)73/h3-23,25-27H,1,24,84-86H2,2H3/b22-4-,40-25+,41-36+. The maximum Gasteiger partial charge on any atom is 0.200 e. The van der Waals surface area contributed by atoms with E-state index in [-0.39, 0.29) is 28.7 Å². The smallest absolute Gasteiger partial charge is 0.200 e. The number of benzene rings is 9. The average Bonchev–Trinajstić information content (AvgIpc) is 3.22. The third-order valence-corrected chi connectivity index (χ3v) is 16.9. The fourth-order valence-corrected chi connectivity index (χ4v) is 11.9. The number of halogens is 16. The van der Waals surface area contributed by atoms with Crippen molar-refractivity contribution in [1.29, 1.82) is 0 Å². The Hall–Kier alpha value is -8.15. The van der Waals surface area contributed by atoms with Crippen LogP contribution in [0.4, 0.5) is 70.2 Å². The molecule has 9 aromatic carbocycles. The summed E-state index contributed by atoms with van der Waals surface area (Å²) >= 11 is 0. The normalized spacial score (nSPS) is 15.7. The predicted molar refractivity (Wildman–Crippen MR) is 315 cm³/mol. The summed E-state index contributed by atoms with van der Waals surface area (Å²) in [7, 11) is 5.46. The summed E-state index contributed by atoms with van der Waals surface area (Å²) in [6, 6.07) is 24.2. The molecule has 0 nitrogen and oxygen atoms in total. The molecule has 2 bridgehead atoms. The van der Waals surface area contributed by atoms with Gasteiger partial charge in [0.1, 0.15) is 17.5 Å². The lowest BCUT2D eigenvalue weighted by Crippen LogP contribution is -2.20. The molecule has 0 saturated heterocycles. The maximum absolute atomic E-state index is 15.7. The minimum Gasteiger partial charge on any atom is -0.205 e. The van der Waals surface area contributed by atoms with E-state index in [9.17, 15) is 35.1 Å². The predicted octanol–water partition coefficient (Wildman–Crippen LogP) is 18.8. The minimum atomic E-state index is -2.34. The molecule has 2 aliphatic rings. The zero-order valence-electron chi connectivity index (χ0n) is 44.1. The second-order valence-electron chi connectivity index (χ2n) is 20.2. The van der Waals surface area contributed by atoms with E-state index >= 15 is 35.1 Å². The zero-order chi connectivity index (χ0) is 61.6. The summed E-state index contributed by atoms with van der Waals surface area (Å²) < 4.78 is 240. The summed E-state index contributed by atoms with van der Waals surface area (Å²) in [5.74, 6) is -28.8. The summed E-state index contributed by atoms with van der Waals surface area (Å²) in [6.45, 7) is 5.24. The molecule has 0 heterocycles. The van der Waals surface area contributed by atoms with Gasteiger partial charge in [0.15, 0.2) is 69.8 Å². The van der Waals surface area contributed by atoms with Crippen molar-refractivity contribution in [1.82, 2.24) is 0 Å². The van der Waals surface area contributed by atoms with Crippen molar-refractivity contribution in [3.63, 3.8) is 0 Å². The Morgan fingerprint density at radius 3 is 1.19 bits per heavy atom. The molecule has 0 saturated carbocycles. The second-order valence-corrected chi connectivity index (χ2v) is 21.9. The lowest BCUT2D eigenvalue weighted by molar-refractivity contribution is 0.381. The quantitative estimate of drug-likeness (QED) is 0.0585. The highest BCUT2D eigenvalue weighted by atomic mass is 31.0. The van der Waals surface area contributed by atoms with Crippen LogP contribution in [-0.4, -0.2) is 0 Å². The second kappa shape index (κ2) is 22.9. The molecule has 0 aromatic heterocycles. The van der Waals surface area contributed by atoms with Gasteiger partial charge in [-0.15, -0.1) is 0 Å². The highest BCUT2D eigenvalue weighted by Crippen LogP contribution is 2.46. The lowest BCUT2D eigenvalue weighted by Gasteiger charge is -2.26. The topological polar surface area (TPSA) is 0 Å². The molecule has 9 aromatic rings. The van der Waals surface area contributed by atoms with Crippen molar-refractivity contribution in [3.8, 4) is 66.8 Å². The Labute approximate surface area is 487 Å². The molecule has 86 heavy (non-hydrogen) atoms. The molecule has 4 atom stereocenters. The van der Waals surface area contributed by atoms with Gasteiger partial charge in [-0.05, 0) is 114 Å². The Balaban J connectivity index is 1.14. The third kappa shape index (κ3) is 9.84. The van der Waals surface area contributed by atoms with Gasteiger partial charge in [0, 0.05) is 27.0 Å². The number of hydrogen-bond acceptors (Lipinski definition) is 0. The Morgan fingerprint density at radius 2 is 0.721 bits per heavy atom. The first-order chi connectivity index (χ1) is 40.9. The van der Waals surface area contributed by atoms with Crippen LogP contribution in [0.3, 0.4) is 0 Å². The summed E-state index contributed by atoms with van der Waals surface area (Å²) in [5.41, 5.74) is 1.51.